The third-order valence-electron chi connectivity index (χ3n) is 5.12. The monoisotopic (exact) mass is 493 g/mol. The van der Waals surface area contributed by atoms with Gasteiger partial charge in [0.25, 0.3) is 5.91 Å². The van der Waals surface area contributed by atoms with Gasteiger partial charge in [0.1, 0.15) is 18.4 Å². The molecule has 5 nitrogen and oxygen atoms in total. The van der Waals surface area contributed by atoms with Gasteiger partial charge in [0, 0.05) is 5.39 Å². The zero-order valence-corrected chi connectivity index (χ0v) is 19.8. The number of amides is 1. The summed E-state index contributed by atoms with van der Waals surface area (Å²) >= 11 is -5.31. The average Bonchev–Trinajstić information content (AvgIpc) is 2.75. The number of hydrogen-bond acceptors (Lipinski definition) is 3. The molecule has 0 aliphatic rings. The third kappa shape index (κ3) is 6.44. The van der Waals surface area contributed by atoms with Gasteiger partial charge < -0.3 is 15.2 Å². The van der Waals surface area contributed by atoms with Crippen molar-refractivity contribution in [2.45, 2.75) is 44.7 Å². The van der Waals surface area contributed by atoms with Crippen LogP contribution in [0.15, 0.2) is 65.6 Å². The summed E-state index contributed by atoms with van der Waals surface area (Å²) in [4.78, 5) is 24.1. The summed E-state index contributed by atoms with van der Waals surface area (Å²) in [6.45, 7) is 5.58. The van der Waals surface area contributed by atoms with Gasteiger partial charge >= 0.3 is 5.97 Å². The van der Waals surface area contributed by atoms with Crippen molar-refractivity contribution in [1.29, 1.82) is 0 Å². The first kappa shape index (κ1) is 25.4. The van der Waals surface area contributed by atoms with Crippen LogP contribution < -0.4 is 10.1 Å². The summed E-state index contributed by atoms with van der Waals surface area (Å²) in [5.41, 5.74) is 0.321. The first-order chi connectivity index (χ1) is 15.8. The van der Waals surface area contributed by atoms with Crippen molar-refractivity contribution in [3.63, 3.8) is 0 Å². The van der Waals surface area contributed by atoms with E-state index >= 15 is 0 Å². The van der Waals surface area contributed by atoms with E-state index in [1.54, 1.807) is 24.3 Å². The number of rotatable bonds is 8. The number of aliphatic carboxylic acids is 1. The number of halogens is 3. The van der Waals surface area contributed by atoms with Crippen molar-refractivity contribution >= 4 is 33.8 Å². The molecule has 0 unspecified atom stereocenters. The molecule has 0 radical (unpaired) electrons. The van der Waals surface area contributed by atoms with Crippen LogP contribution in [-0.2, 0) is 11.4 Å². The van der Waals surface area contributed by atoms with E-state index in [0.29, 0.717) is 10.9 Å². The number of carbonyl (C=O) groups is 2. The molecule has 3 aromatic carbocycles. The summed E-state index contributed by atoms with van der Waals surface area (Å²) in [6, 6.07) is 14.1. The van der Waals surface area contributed by atoms with E-state index in [1.165, 1.54) is 12.1 Å². The summed E-state index contributed by atoms with van der Waals surface area (Å²) in [5.74, 6) is -1.51. The topological polar surface area (TPSA) is 75.6 Å². The molecule has 1 amide bonds. The fraction of sp³-hybridized carbons (Fsp3) is 0.280. The molecular weight excluding hydrogens is 467 g/mol. The van der Waals surface area contributed by atoms with E-state index in [2.05, 4.69) is 5.32 Å². The van der Waals surface area contributed by atoms with E-state index in [-0.39, 0.29) is 29.8 Å². The van der Waals surface area contributed by atoms with Gasteiger partial charge in [-0.3, -0.25) is 4.79 Å². The lowest BCUT2D eigenvalue weighted by Crippen LogP contribution is -2.43. The van der Waals surface area contributed by atoms with Crippen LogP contribution in [0, 0.1) is 5.41 Å². The smallest absolute Gasteiger partial charge is 0.326 e. The van der Waals surface area contributed by atoms with E-state index in [9.17, 15) is 26.4 Å². The minimum Gasteiger partial charge on any atom is -0.487 e. The molecule has 3 aromatic rings. The van der Waals surface area contributed by atoms with E-state index in [1.807, 2.05) is 32.9 Å². The largest absolute Gasteiger partial charge is 0.487 e. The summed E-state index contributed by atoms with van der Waals surface area (Å²) in [5, 5.41) is 13.6. The second-order valence-electron chi connectivity index (χ2n) is 9.13. The Balaban J connectivity index is 1.91. The number of ether oxygens (including phenoxy) is 1. The predicted molar refractivity (Wildman–Crippen MR) is 127 cm³/mol. The first-order valence-electron chi connectivity index (χ1n) is 10.5. The number of carboxylic acids is 1. The average molecular weight is 494 g/mol. The first-order valence-corrected chi connectivity index (χ1v) is 11.9. The molecule has 0 aliphatic heterocycles. The van der Waals surface area contributed by atoms with Crippen LogP contribution in [0.3, 0.4) is 0 Å². The minimum atomic E-state index is -5.31. The maximum absolute atomic E-state index is 13.1. The fourth-order valence-corrected chi connectivity index (χ4v) is 3.97. The third-order valence-corrected chi connectivity index (χ3v) is 5.92. The van der Waals surface area contributed by atoms with Crippen molar-refractivity contribution in [1.82, 2.24) is 5.32 Å². The molecule has 9 heteroatoms. The van der Waals surface area contributed by atoms with Gasteiger partial charge in [0.2, 0.25) is 11.2 Å². The number of nitrogens with one attached hydrogen (secondary N) is 1. The zero-order chi connectivity index (χ0) is 25.1. The van der Waals surface area contributed by atoms with Crippen LogP contribution in [0.1, 0.15) is 43.1 Å². The summed E-state index contributed by atoms with van der Waals surface area (Å²) in [6.07, 6.45) is 0.228. The summed E-state index contributed by atoms with van der Waals surface area (Å²) < 4.78 is 44.7. The minimum absolute atomic E-state index is 0.0634. The molecule has 182 valence electrons. The molecule has 0 saturated heterocycles. The lowest BCUT2D eigenvalue weighted by atomic mass is 9.88. The predicted octanol–water partition coefficient (Wildman–Crippen LogP) is 6.86. The van der Waals surface area contributed by atoms with Gasteiger partial charge in [-0.2, -0.15) is 0 Å². The highest BCUT2D eigenvalue weighted by molar-refractivity contribution is 8.20. The molecule has 0 spiro atoms. The Morgan fingerprint density at radius 2 is 1.65 bits per heavy atom. The molecule has 0 heterocycles. The molecule has 0 fully saturated rings. The number of fused-ring (bicyclic) bond motifs is 1. The Labute approximate surface area is 198 Å². The van der Waals surface area contributed by atoms with E-state index in [4.69, 9.17) is 4.74 Å². The van der Waals surface area contributed by atoms with Gasteiger partial charge in [0.15, 0.2) is 0 Å². The van der Waals surface area contributed by atoms with Crippen molar-refractivity contribution in [3.8, 4) is 5.75 Å². The zero-order valence-electron chi connectivity index (χ0n) is 19.0. The van der Waals surface area contributed by atoms with Crippen LogP contribution >= 0.6 is 11.2 Å². The Morgan fingerprint density at radius 3 is 2.24 bits per heavy atom. The number of carboxylic acid groups (broad SMARTS) is 1. The fourth-order valence-electron chi connectivity index (χ4n) is 3.52. The molecule has 0 bridgehead atoms. The second kappa shape index (κ2) is 9.97. The molecule has 34 heavy (non-hydrogen) atoms. The highest BCUT2D eigenvalue weighted by Crippen LogP contribution is 2.60. The van der Waals surface area contributed by atoms with Crippen LogP contribution in [0.4, 0.5) is 11.7 Å². The molecule has 3 rings (SSSR count). The van der Waals surface area contributed by atoms with Gasteiger partial charge in [-0.25, -0.2) is 4.79 Å². The van der Waals surface area contributed by atoms with Gasteiger partial charge in [-0.05, 0) is 41.0 Å². The molecule has 0 saturated carbocycles. The van der Waals surface area contributed by atoms with E-state index < -0.39 is 34.0 Å². The van der Waals surface area contributed by atoms with Gasteiger partial charge in [-0.15, -0.1) is 11.7 Å². The van der Waals surface area contributed by atoms with Crippen LogP contribution in [-0.4, -0.2) is 23.0 Å². The molecule has 1 atom stereocenters. The second-order valence-corrected chi connectivity index (χ2v) is 10.4. The van der Waals surface area contributed by atoms with E-state index in [0.717, 1.165) is 17.5 Å². The maximum atomic E-state index is 13.1. The Morgan fingerprint density at radius 1 is 1.00 bits per heavy atom. The Bertz CT molecular complexity index is 1190. The SMILES string of the molecule is CC(C)(C)C[C@H](NC(=O)c1ccc2ccccc2c1OCc1ccc(S(F)(F)F)cc1)C(=O)O. The highest BCUT2D eigenvalue weighted by Gasteiger charge is 2.28. The molecule has 2 N–H and O–H groups in total. The lowest BCUT2D eigenvalue weighted by Gasteiger charge is -2.24. The standard InChI is InChI=1S/C25H26F3NO4S/c1-25(2,3)14-21(24(31)32)29-23(30)20-13-10-17-6-4-5-7-19(17)22(20)33-15-16-8-11-18(12-9-16)34(26,27)28/h4-13,21H,14-15H2,1-3H3,(H,29,30)(H,31,32)/t21-/m0/s1. The van der Waals surface area contributed by atoms with Crippen molar-refractivity contribution in [2.75, 3.05) is 0 Å². The molecular formula is C25H26F3NO4S. The number of benzene rings is 3. The Hall–Kier alpha value is -3.20. The van der Waals surface area contributed by atoms with Crippen molar-refractivity contribution in [3.05, 3.63) is 71.8 Å². The van der Waals surface area contributed by atoms with Crippen LogP contribution in [0.25, 0.3) is 10.8 Å². The van der Waals surface area contributed by atoms with Crippen molar-refractivity contribution < 1.29 is 31.1 Å². The number of carbonyl (C=O) groups excluding carboxylic acids is 1. The Kier molecular flexibility index (Phi) is 7.45. The lowest BCUT2D eigenvalue weighted by molar-refractivity contribution is -0.140. The van der Waals surface area contributed by atoms with Gasteiger partial charge in [-0.1, -0.05) is 63.2 Å². The quantitative estimate of drug-likeness (QED) is 0.360. The van der Waals surface area contributed by atoms with Crippen LogP contribution in [0.5, 0.6) is 5.75 Å². The molecule has 0 aromatic heterocycles. The van der Waals surface area contributed by atoms with Gasteiger partial charge in [0.05, 0.1) is 10.5 Å². The van der Waals surface area contributed by atoms with Crippen molar-refractivity contribution in [2.24, 2.45) is 5.41 Å². The van der Waals surface area contributed by atoms with Crippen LogP contribution in [0.2, 0.25) is 0 Å². The summed E-state index contributed by atoms with van der Waals surface area (Å²) in [7, 11) is 0. The maximum Gasteiger partial charge on any atom is 0.326 e. The normalized spacial score (nSPS) is 13.4. The number of hydrogen-bond donors (Lipinski definition) is 2. The molecule has 0 aliphatic carbocycles. The highest BCUT2D eigenvalue weighted by atomic mass is 32.3.